The van der Waals surface area contributed by atoms with Crippen LogP contribution in [0.1, 0.15) is 23.2 Å². The molecule has 1 aliphatic carbocycles. The van der Waals surface area contributed by atoms with Crippen LogP contribution in [-0.4, -0.2) is 50.5 Å². The second-order valence-electron chi connectivity index (χ2n) is 5.73. The van der Waals surface area contributed by atoms with Crippen molar-refractivity contribution < 1.29 is 36.3 Å². The standard InChI is InChI=1S/C15H15F2NO6S/c16-15(17)24-10-7-9(8-10)14(20)23-6-5-18-13(19)11-3-1-2-4-12(11)25(18,21)22/h1-4,9-10,15H,5-8H2. The van der Waals surface area contributed by atoms with Crippen LogP contribution in [0.5, 0.6) is 0 Å². The molecule has 0 saturated heterocycles. The highest BCUT2D eigenvalue weighted by molar-refractivity contribution is 7.90. The lowest BCUT2D eigenvalue weighted by atomic mass is 9.82. The summed E-state index contributed by atoms with van der Waals surface area (Å²) in [6.45, 7) is -3.48. The molecule has 25 heavy (non-hydrogen) atoms. The summed E-state index contributed by atoms with van der Waals surface area (Å²) in [6, 6.07) is 5.83. The molecule has 0 aromatic heterocycles. The van der Waals surface area contributed by atoms with Crippen LogP contribution in [0, 0.1) is 5.92 Å². The first-order chi connectivity index (χ1) is 11.8. The third-order valence-electron chi connectivity index (χ3n) is 4.17. The fourth-order valence-electron chi connectivity index (χ4n) is 2.81. The Morgan fingerprint density at radius 3 is 2.60 bits per heavy atom. The van der Waals surface area contributed by atoms with Crippen molar-refractivity contribution in [3.63, 3.8) is 0 Å². The Kier molecular flexibility index (Phi) is 4.74. The summed E-state index contributed by atoms with van der Waals surface area (Å²) in [4.78, 5) is 23.9. The van der Waals surface area contributed by atoms with Crippen molar-refractivity contribution in [2.75, 3.05) is 13.2 Å². The molecule has 10 heteroatoms. The van der Waals surface area contributed by atoms with Crippen LogP contribution in [0.4, 0.5) is 8.78 Å². The smallest absolute Gasteiger partial charge is 0.345 e. The Balaban J connectivity index is 1.50. The number of ether oxygens (including phenoxy) is 2. The second-order valence-corrected chi connectivity index (χ2v) is 7.56. The number of sulfonamides is 1. The highest BCUT2D eigenvalue weighted by Crippen LogP contribution is 2.33. The maximum atomic E-state index is 12.3. The van der Waals surface area contributed by atoms with Gasteiger partial charge < -0.3 is 9.47 Å². The lowest BCUT2D eigenvalue weighted by molar-refractivity contribution is -0.198. The molecule has 0 spiro atoms. The minimum atomic E-state index is -3.94. The first kappa shape index (κ1) is 17.7. The molecule has 0 radical (unpaired) electrons. The number of hydrogen-bond donors (Lipinski definition) is 0. The van der Waals surface area contributed by atoms with Gasteiger partial charge in [-0.05, 0) is 25.0 Å². The summed E-state index contributed by atoms with van der Waals surface area (Å²) in [5.41, 5.74) is 0.0832. The van der Waals surface area contributed by atoms with E-state index in [4.69, 9.17) is 4.74 Å². The Morgan fingerprint density at radius 1 is 1.28 bits per heavy atom. The van der Waals surface area contributed by atoms with Crippen LogP contribution >= 0.6 is 0 Å². The van der Waals surface area contributed by atoms with Crippen LogP contribution in [0.2, 0.25) is 0 Å². The van der Waals surface area contributed by atoms with E-state index < -0.39 is 40.5 Å². The summed E-state index contributed by atoms with van der Waals surface area (Å²) in [5, 5.41) is 0. The van der Waals surface area contributed by atoms with Gasteiger partial charge in [-0.25, -0.2) is 12.7 Å². The number of benzene rings is 1. The van der Waals surface area contributed by atoms with E-state index in [0.29, 0.717) is 4.31 Å². The number of fused-ring (bicyclic) bond motifs is 1. The number of alkyl halides is 2. The van der Waals surface area contributed by atoms with Crippen LogP contribution in [0.15, 0.2) is 29.2 Å². The normalized spacial score (nSPS) is 24.1. The van der Waals surface area contributed by atoms with Crippen molar-refractivity contribution in [2.45, 2.75) is 30.5 Å². The van der Waals surface area contributed by atoms with E-state index in [9.17, 15) is 26.8 Å². The van der Waals surface area contributed by atoms with Crippen LogP contribution in [0.3, 0.4) is 0 Å². The summed E-state index contributed by atoms with van der Waals surface area (Å²) in [5.74, 6) is -1.83. The SMILES string of the molecule is O=C(OCCN1C(=O)c2ccccc2S1(=O)=O)C1CC(OC(F)F)C1. The Labute approximate surface area is 142 Å². The third kappa shape index (κ3) is 3.36. The summed E-state index contributed by atoms with van der Waals surface area (Å²) < 4.78 is 58.5. The molecule has 1 aromatic rings. The average Bonchev–Trinajstić information content (AvgIpc) is 2.71. The molecule has 1 heterocycles. The number of halogens is 2. The van der Waals surface area contributed by atoms with Gasteiger partial charge in [0.15, 0.2) is 0 Å². The number of amides is 1. The van der Waals surface area contributed by atoms with E-state index in [1.54, 1.807) is 6.07 Å². The maximum Gasteiger partial charge on any atom is 0.345 e. The highest BCUT2D eigenvalue weighted by Gasteiger charge is 2.41. The van der Waals surface area contributed by atoms with Gasteiger partial charge in [-0.1, -0.05) is 12.1 Å². The third-order valence-corrected chi connectivity index (χ3v) is 6.01. The van der Waals surface area contributed by atoms with Crippen LogP contribution in [-0.2, 0) is 24.3 Å². The molecule has 1 fully saturated rings. The highest BCUT2D eigenvalue weighted by atomic mass is 32.2. The molecule has 3 rings (SSSR count). The lowest BCUT2D eigenvalue weighted by Gasteiger charge is -2.32. The molecule has 2 aliphatic rings. The van der Waals surface area contributed by atoms with Gasteiger partial charge in [0.25, 0.3) is 15.9 Å². The monoisotopic (exact) mass is 375 g/mol. The quantitative estimate of drug-likeness (QED) is 0.698. The van der Waals surface area contributed by atoms with Crippen LogP contribution < -0.4 is 0 Å². The van der Waals surface area contributed by atoms with Gasteiger partial charge in [0.2, 0.25) is 0 Å². The number of carbonyl (C=O) groups excluding carboxylic acids is 2. The number of hydrogen-bond acceptors (Lipinski definition) is 6. The largest absolute Gasteiger partial charge is 0.464 e. The predicted octanol–water partition coefficient (Wildman–Crippen LogP) is 1.39. The van der Waals surface area contributed by atoms with Gasteiger partial charge in [-0.3, -0.25) is 9.59 Å². The molecule has 1 amide bonds. The van der Waals surface area contributed by atoms with E-state index in [1.165, 1.54) is 18.2 Å². The lowest BCUT2D eigenvalue weighted by Crippen LogP contribution is -2.39. The van der Waals surface area contributed by atoms with E-state index in [0.717, 1.165) is 0 Å². The number of rotatable bonds is 6. The summed E-state index contributed by atoms with van der Waals surface area (Å²) >= 11 is 0. The number of esters is 1. The molecule has 1 aliphatic heterocycles. The molecule has 0 atom stereocenters. The molecule has 0 bridgehead atoms. The Morgan fingerprint density at radius 2 is 1.96 bits per heavy atom. The van der Waals surface area contributed by atoms with Gasteiger partial charge in [-0.2, -0.15) is 8.78 Å². The molecular weight excluding hydrogens is 360 g/mol. The van der Waals surface area contributed by atoms with Gasteiger partial charge >= 0.3 is 12.6 Å². The fourth-order valence-corrected chi connectivity index (χ4v) is 4.37. The van der Waals surface area contributed by atoms with E-state index in [1.807, 2.05) is 0 Å². The molecule has 1 saturated carbocycles. The van der Waals surface area contributed by atoms with Gasteiger partial charge in [0, 0.05) is 0 Å². The fraction of sp³-hybridized carbons (Fsp3) is 0.467. The van der Waals surface area contributed by atoms with Gasteiger partial charge in [0.1, 0.15) is 11.5 Å². The summed E-state index contributed by atoms with van der Waals surface area (Å²) in [7, 11) is -3.94. The van der Waals surface area contributed by atoms with E-state index in [2.05, 4.69) is 4.74 Å². The topological polar surface area (TPSA) is 90.0 Å². The number of carbonyl (C=O) groups is 2. The van der Waals surface area contributed by atoms with Gasteiger partial charge in [0.05, 0.1) is 24.1 Å². The van der Waals surface area contributed by atoms with Crippen molar-refractivity contribution >= 4 is 21.9 Å². The molecule has 136 valence electrons. The Bertz CT molecular complexity index is 791. The van der Waals surface area contributed by atoms with Crippen molar-refractivity contribution in [1.29, 1.82) is 0 Å². The maximum absolute atomic E-state index is 12.3. The molecule has 0 unspecified atom stereocenters. The zero-order valence-corrected chi connectivity index (χ0v) is 13.7. The van der Waals surface area contributed by atoms with E-state index >= 15 is 0 Å². The number of nitrogens with zero attached hydrogens (tertiary/aromatic N) is 1. The predicted molar refractivity (Wildman–Crippen MR) is 79.2 cm³/mol. The molecule has 0 N–H and O–H groups in total. The van der Waals surface area contributed by atoms with Crippen molar-refractivity contribution in [2.24, 2.45) is 5.92 Å². The van der Waals surface area contributed by atoms with Crippen molar-refractivity contribution in [3.05, 3.63) is 29.8 Å². The minimum Gasteiger partial charge on any atom is -0.464 e. The van der Waals surface area contributed by atoms with E-state index in [-0.39, 0.29) is 36.5 Å². The van der Waals surface area contributed by atoms with Crippen LogP contribution in [0.25, 0.3) is 0 Å². The zero-order valence-electron chi connectivity index (χ0n) is 12.9. The zero-order chi connectivity index (χ0) is 18.2. The van der Waals surface area contributed by atoms with Crippen molar-refractivity contribution in [1.82, 2.24) is 4.31 Å². The Hall–Kier alpha value is -2.07. The first-order valence-corrected chi connectivity index (χ1v) is 9.01. The molecule has 1 aromatic carbocycles. The first-order valence-electron chi connectivity index (χ1n) is 7.57. The average molecular weight is 375 g/mol. The minimum absolute atomic E-state index is 0.0719. The van der Waals surface area contributed by atoms with Gasteiger partial charge in [-0.15, -0.1) is 0 Å². The summed E-state index contributed by atoms with van der Waals surface area (Å²) in [6.07, 6.45) is -0.405. The van der Waals surface area contributed by atoms with Crippen molar-refractivity contribution in [3.8, 4) is 0 Å². The molecular formula is C15H15F2NO6S. The molecule has 7 nitrogen and oxygen atoms in total. The second kappa shape index (κ2) is 6.68.